The van der Waals surface area contributed by atoms with E-state index >= 15 is 0 Å². The fourth-order valence-electron chi connectivity index (χ4n) is 7.02. The number of fused-ring (bicyclic) bond motifs is 7. The quantitative estimate of drug-likeness (QED) is 0.225. The van der Waals surface area contributed by atoms with Crippen molar-refractivity contribution < 1.29 is 0 Å². The number of hydrogen-bond donors (Lipinski definition) is 0. The average Bonchev–Trinajstić information content (AvgIpc) is 3.50. The zero-order valence-electron chi connectivity index (χ0n) is 23.5. The number of aromatic nitrogens is 2. The summed E-state index contributed by atoms with van der Waals surface area (Å²) >= 11 is 0. The largest absolute Gasteiger partial charge is 0.309 e. The summed E-state index contributed by atoms with van der Waals surface area (Å²) in [6, 6.07) is 43.4. The van der Waals surface area contributed by atoms with Crippen LogP contribution >= 0.6 is 0 Å². The number of benzene rings is 5. The number of nitriles is 1. The van der Waals surface area contributed by atoms with Crippen molar-refractivity contribution in [3.05, 3.63) is 144 Å². The Morgan fingerprint density at radius 1 is 0.667 bits per heavy atom. The van der Waals surface area contributed by atoms with Crippen molar-refractivity contribution in [2.45, 2.75) is 19.3 Å². The molecule has 0 radical (unpaired) electrons. The Morgan fingerprint density at radius 2 is 1.43 bits per heavy atom. The van der Waals surface area contributed by atoms with Crippen molar-refractivity contribution >= 4 is 21.8 Å². The maximum absolute atomic E-state index is 9.64. The van der Waals surface area contributed by atoms with Gasteiger partial charge in [-0.3, -0.25) is 4.98 Å². The molecule has 0 fully saturated rings. The van der Waals surface area contributed by atoms with E-state index in [1.54, 1.807) is 18.5 Å². The van der Waals surface area contributed by atoms with Crippen LogP contribution in [0.2, 0.25) is 0 Å². The Bertz CT molecular complexity index is 2240. The summed E-state index contributed by atoms with van der Waals surface area (Å²) in [7, 11) is 0. The Balaban J connectivity index is 1.34. The summed E-state index contributed by atoms with van der Waals surface area (Å²) in [6.07, 6.45) is 3.43. The van der Waals surface area contributed by atoms with Crippen LogP contribution in [-0.2, 0) is 5.41 Å². The van der Waals surface area contributed by atoms with Gasteiger partial charge in [0.2, 0.25) is 0 Å². The molecule has 8 rings (SSSR count). The van der Waals surface area contributed by atoms with Crippen LogP contribution in [0.25, 0.3) is 60.9 Å². The van der Waals surface area contributed by atoms with Gasteiger partial charge in [-0.25, -0.2) is 0 Å². The number of para-hydroxylation sites is 1. The van der Waals surface area contributed by atoms with Crippen LogP contribution in [0.1, 0.15) is 30.5 Å². The van der Waals surface area contributed by atoms with Gasteiger partial charge in [-0.05, 0) is 75.3 Å². The molecule has 1 aliphatic carbocycles. The van der Waals surface area contributed by atoms with Crippen LogP contribution in [-0.4, -0.2) is 9.55 Å². The lowest BCUT2D eigenvalue weighted by atomic mass is 9.80. The minimum Gasteiger partial charge on any atom is -0.309 e. The second-order valence-electron chi connectivity index (χ2n) is 11.6. The highest BCUT2D eigenvalue weighted by atomic mass is 15.0. The predicted molar refractivity (Wildman–Crippen MR) is 172 cm³/mol. The summed E-state index contributed by atoms with van der Waals surface area (Å²) in [5, 5.41) is 12.2. The molecule has 3 nitrogen and oxygen atoms in total. The molecule has 0 aliphatic heterocycles. The van der Waals surface area contributed by atoms with Crippen LogP contribution in [0.4, 0.5) is 0 Å². The van der Waals surface area contributed by atoms with Crippen LogP contribution in [0.5, 0.6) is 0 Å². The first-order chi connectivity index (χ1) is 20.6. The molecule has 5 aromatic carbocycles. The van der Waals surface area contributed by atoms with Gasteiger partial charge in [0.15, 0.2) is 0 Å². The number of pyridine rings is 1. The zero-order valence-corrected chi connectivity index (χ0v) is 23.5. The summed E-state index contributed by atoms with van der Waals surface area (Å²) in [4.78, 5) is 4.27. The van der Waals surface area contributed by atoms with Crippen molar-refractivity contribution in [1.29, 1.82) is 5.26 Å². The van der Waals surface area contributed by atoms with E-state index in [9.17, 15) is 5.26 Å². The van der Waals surface area contributed by atoms with Gasteiger partial charge in [-0.1, -0.05) is 92.7 Å². The highest BCUT2D eigenvalue weighted by Crippen LogP contribution is 2.53. The van der Waals surface area contributed by atoms with E-state index in [4.69, 9.17) is 0 Å². The molecule has 2 heterocycles. The maximum Gasteiger partial charge on any atom is 0.0999 e. The van der Waals surface area contributed by atoms with E-state index < -0.39 is 0 Å². The van der Waals surface area contributed by atoms with Gasteiger partial charge in [0, 0.05) is 39.8 Å². The van der Waals surface area contributed by atoms with Crippen LogP contribution in [0.3, 0.4) is 0 Å². The van der Waals surface area contributed by atoms with Gasteiger partial charge in [0.25, 0.3) is 0 Å². The second kappa shape index (κ2) is 9.03. The third-order valence-corrected chi connectivity index (χ3v) is 8.91. The Labute approximate surface area is 245 Å². The molecule has 0 saturated heterocycles. The first-order valence-electron chi connectivity index (χ1n) is 14.3. The molecule has 198 valence electrons. The molecule has 1 aliphatic rings. The Morgan fingerprint density at radius 3 is 2.31 bits per heavy atom. The summed E-state index contributed by atoms with van der Waals surface area (Å²) in [5.41, 5.74) is 13.6. The highest BCUT2D eigenvalue weighted by Gasteiger charge is 2.37. The molecule has 0 N–H and O–H groups in total. The van der Waals surface area contributed by atoms with Crippen molar-refractivity contribution in [2.24, 2.45) is 0 Å². The van der Waals surface area contributed by atoms with Gasteiger partial charge < -0.3 is 4.57 Å². The molecule has 7 aromatic rings. The molecule has 0 atom stereocenters. The molecule has 2 aromatic heterocycles. The van der Waals surface area contributed by atoms with Gasteiger partial charge in [-0.15, -0.1) is 0 Å². The molecule has 0 amide bonds. The maximum atomic E-state index is 9.64. The van der Waals surface area contributed by atoms with E-state index in [1.807, 2.05) is 6.07 Å². The summed E-state index contributed by atoms with van der Waals surface area (Å²) in [6.45, 7) is 4.72. The van der Waals surface area contributed by atoms with E-state index in [0.717, 1.165) is 27.9 Å². The highest BCUT2D eigenvalue weighted by molar-refractivity contribution is 6.14. The van der Waals surface area contributed by atoms with E-state index in [0.29, 0.717) is 5.56 Å². The van der Waals surface area contributed by atoms with Crippen molar-refractivity contribution in [3.63, 3.8) is 0 Å². The number of nitrogens with zero attached hydrogens (tertiary/aromatic N) is 3. The number of rotatable bonds is 3. The monoisotopic (exact) mass is 537 g/mol. The average molecular weight is 538 g/mol. The van der Waals surface area contributed by atoms with E-state index in [2.05, 4.69) is 133 Å². The normalized spacial score (nSPS) is 13.2. The molecule has 3 heteroatoms. The molecular formula is C39H27N3. The zero-order chi connectivity index (χ0) is 28.4. The number of hydrogen-bond acceptors (Lipinski definition) is 2. The van der Waals surface area contributed by atoms with Gasteiger partial charge in [0.05, 0.1) is 22.7 Å². The lowest BCUT2D eigenvalue weighted by Crippen LogP contribution is -2.15. The fraction of sp³-hybridized carbons (Fsp3) is 0.0769. The first-order valence-corrected chi connectivity index (χ1v) is 14.3. The Kier molecular flexibility index (Phi) is 5.23. The van der Waals surface area contributed by atoms with Crippen molar-refractivity contribution in [1.82, 2.24) is 9.55 Å². The minimum atomic E-state index is -0.0999. The summed E-state index contributed by atoms with van der Waals surface area (Å²) in [5.74, 6) is 0. The SMILES string of the molecule is CC1(C)c2ccccc2-c2ccc3c(c21)c1ccccc1n3-c1cccc(-c2cccc(-c3cnccc3C#N)c2)c1. The van der Waals surface area contributed by atoms with Crippen LogP contribution in [0.15, 0.2) is 128 Å². The molecule has 42 heavy (non-hydrogen) atoms. The topological polar surface area (TPSA) is 41.6 Å². The molecule has 0 saturated carbocycles. The van der Waals surface area contributed by atoms with Gasteiger partial charge in [-0.2, -0.15) is 5.26 Å². The first kappa shape index (κ1) is 24.3. The fourth-order valence-corrected chi connectivity index (χ4v) is 7.02. The minimum absolute atomic E-state index is 0.0999. The smallest absolute Gasteiger partial charge is 0.0999 e. The van der Waals surface area contributed by atoms with Gasteiger partial charge in [0.1, 0.15) is 0 Å². The van der Waals surface area contributed by atoms with Crippen molar-refractivity contribution in [3.8, 4) is 45.1 Å². The molecule has 0 bridgehead atoms. The molecular weight excluding hydrogens is 510 g/mol. The van der Waals surface area contributed by atoms with Gasteiger partial charge >= 0.3 is 0 Å². The molecule has 0 unspecified atom stereocenters. The standard InChI is InChI=1S/C39H27N3/c1-39(2)34-15-5-3-13-30(34)31-17-18-36-37(38(31)39)32-14-4-6-16-35(32)42(36)29-12-8-10-26(22-29)25-9-7-11-27(21-25)33-24-41-20-19-28(33)23-40/h3-22,24H,1-2H3. The summed E-state index contributed by atoms with van der Waals surface area (Å²) < 4.78 is 2.41. The third-order valence-electron chi connectivity index (χ3n) is 8.91. The predicted octanol–water partition coefficient (Wildman–Crippen LogP) is 9.69. The van der Waals surface area contributed by atoms with Crippen LogP contribution < -0.4 is 0 Å². The third kappa shape index (κ3) is 3.42. The lowest BCUT2D eigenvalue weighted by molar-refractivity contribution is 0.666. The van der Waals surface area contributed by atoms with E-state index in [-0.39, 0.29) is 5.41 Å². The molecule has 0 spiro atoms. The van der Waals surface area contributed by atoms with Crippen LogP contribution in [0, 0.1) is 11.3 Å². The van der Waals surface area contributed by atoms with Crippen molar-refractivity contribution in [2.75, 3.05) is 0 Å². The Hall–Kier alpha value is -5.46. The lowest BCUT2D eigenvalue weighted by Gasteiger charge is -2.22. The van der Waals surface area contributed by atoms with E-state index in [1.165, 1.54) is 44.1 Å². The second-order valence-corrected chi connectivity index (χ2v) is 11.6.